The third kappa shape index (κ3) is 3.99. The van der Waals surface area contributed by atoms with Crippen LogP contribution in [0.1, 0.15) is 31.7 Å². The molecule has 4 nitrogen and oxygen atoms in total. The lowest BCUT2D eigenvalue weighted by atomic mass is 10.1. The molecule has 1 aromatic carbocycles. The molecule has 3 rings (SSSR count). The van der Waals surface area contributed by atoms with Crippen molar-refractivity contribution in [3.63, 3.8) is 0 Å². The van der Waals surface area contributed by atoms with Crippen molar-refractivity contribution in [3.05, 3.63) is 58.5 Å². The molecule has 3 aromatic rings. The van der Waals surface area contributed by atoms with Gasteiger partial charge in [0.25, 0.3) is 5.56 Å². The minimum Gasteiger partial charge on any atom is -0.315 e. The molecule has 0 N–H and O–H groups in total. The van der Waals surface area contributed by atoms with Gasteiger partial charge < -0.3 is 4.57 Å². The monoisotopic (exact) mass is 379 g/mol. The highest BCUT2D eigenvalue weighted by molar-refractivity contribution is 5.85. The summed E-state index contributed by atoms with van der Waals surface area (Å²) in [6.45, 7) is 2.61. The van der Waals surface area contributed by atoms with Gasteiger partial charge in [0, 0.05) is 25.1 Å². The van der Waals surface area contributed by atoms with Crippen LogP contribution in [0.4, 0.5) is 17.6 Å². The maximum absolute atomic E-state index is 14.5. The second kappa shape index (κ2) is 7.46. The molecule has 0 saturated carbocycles. The summed E-state index contributed by atoms with van der Waals surface area (Å²) < 4.78 is 53.9. The van der Waals surface area contributed by atoms with Crippen LogP contribution in [0.25, 0.3) is 22.2 Å². The van der Waals surface area contributed by atoms with E-state index >= 15 is 0 Å². The number of rotatable bonds is 5. The van der Waals surface area contributed by atoms with Crippen molar-refractivity contribution in [2.24, 2.45) is 0 Å². The first-order valence-electron chi connectivity index (χ1n) is 8.53. The molecular weight excluding hydrogens is 362 g/mol. The van der Waals surface area contributed by atoms with Gasteiger partial charge in [-0.1, -0.05) is 19.8 Å². The lowest BCUT2D eigenvalue weighted by Gasteiger charge is -2.10. The highest BCUT2D eigenvalue weighted by atomic mass is 19.4. The van der Waals surface area contributed by atoms with E-state index in [-0.39, 0.29) is 22.3 Å². The topological polar surface area (TPSA) is 47.8 Å². The van der Waals surface area contributed by atoms with Crippen LogP contribution < -0.4 is 5.56 Å². The molecule has 142 valence electrons. The summed E-state index contributed by atoms with van der Waals surface area (Å²) in [7, 11) is 0. The van der Waals surface area contributed by atoms with E-state index in [1.54, 1.807) is 12.3 Å². The quantitative estimate of drug-likeness (QED) is 0.472. The van der Waals surface area contributed by atoms with Crippen molar-refractivity contribution in [3.8, 4) is 11.4 Å². The molecule has 2 aromatic heterocycles. The number of nitrogens with zero attached hydrogens (tertiary/aromatic N) is 3. The van der Waals surface area contributed by atoms with E-state index in [1.807, 2.05) is 0 Å². The Kier molecular flexibility index (Phi) is 5.25. The second-order valence-electron chi connectivity index (χ2n) is 6.23. The Bertz CT molecular complexity index is 1010. The van der Waals surface area contributed by atoms with Gasteiger partial charge in [-0.05, 0) is 30.0 Å². The van der Waals surface area contributed by atoms with E-state index < -0.39 is 17.6 Å². The number of hydrogen-bond acceptors (Lipinski definition) is 3. The summed E-state index contributed by atoms with van der Waals surface area (Å²) in [6, 6.07) is 4.14. The maximum Gasteiger partial charge on any atom is 0.419 e. The number of benzene rings is 1. The maximum atomic E-state index is 14.5. The summed E-state index contributed by atoms with van der Waals surface area (Å²) in [6.07, 6.45) is 1.15. The number of alkyl halides is 3. The van der Waals surface area contributed by atoms with Gasteiger partial charge in [-0.25, -0.2) is 14.4 Å². The normalized spacial score (nSPS) is 11.9. The summed E-state index contributed by atoms with van der Waals surface area (Å²) in [5, 5.41) is 0.689. The molecule has 0 amide bonds. The predicted molar refractivity (Wildman–Crippen MR) is 93.7 cm³/mol. The van der Waals surface area contributed by atoms with E-state index in [4.69, 9.17) is 0 Å². The highest BCUT2D eigenvalue weighted by Gasteiger charge is 2.31. The molecular formula is C19H17F4N3O. The first-order valence-corrected chi connectivity index (χ1v) is 8.53. The molecule has 0 bridgehead atoms. The minimum absolute atomic E-state index is 0.0562. The van der Waals surface area contributed by atoms with Crippen LogP contribution in [0.3, 0.4) is 0 Å². The van der Waals surface area contributed by atoms with Crippen LogP contribution in [0, 0.1) is 5.82 Å². The molecule has 0 saturated heterocycles. The number of aryl methyl sites for hydroxylation is 1. The van der Waals surface area contributed by atoms with Gasteiger partial charge >= 0.3 is 6.18 Å². The summed E-state index contributed by atoms with van der Waals surface area (Å²) >= 11 is 0. The van der Waals surface area contributed by atoms with Gasteiger partial charge in [-0.3, -0.25) is 4.79 Å². The number of pyridine rings is 1. The van der Waals surface area contributed by atoms with Crippen molar-refractivity contribution in [2.45, 2.75) is 38.9 Å². The molecule has 27 heavy (non-hydrogen) atoms. The van der Waals surface area contributed by atoms with Crippen LogP contribution >= 0.6 is 0 Å². The fourth-order valence-corrected chi connectivity index (χ4v) is 2.80. The predicted octanol–water partition coefficient (Wildman–Crippen LogP) is 4.81. The smallest absolute Gasteiger partial charge is 0.315 e. The lowest BCUT2D eigenvalue weighted by Crippen LogP contribution is -2.19. The Morgan fingerprint density at radius 1 is 1.11 bits per heavy atom. The van der Waals surface area contributed by atoms with Gasteiger partial charge in [-0.15, -0.1) is 0 Å². The molecule has 2 heterocycles. The highest BCUT2D eigenvalue weighted by Crippen LogP contribution is 2.29. The summed E-state index contributed by atoms with van der Waals surface area (Å²) in [5.74, 6) is -0.930. The number of hydrogen-bond donors (Lipinski definition) is 0. The zero-order chi connectivity index (χ0) is 19.6. The largest absolute Gasteiger partial charge is 0.419 e. The Balaban J connectivity index is 2.00. The summed E-state index contributed by atoms with van der Waals surface area (Å²) in [4.78, 5) is 19.8. The standard InChI is InChI=1S/C19H17F4N3O/c1-2-3-4-6-26-7-5-12-8-15(16(20)9-14(12)18(26)27)17-24-10-13(11-25-17)19(21,22)23/h5,7-11H,2-4,6H2,1H3. The SMILES string of the molecule is CCCCCn1ccc2cc(-c3ncc(C(F)(F)F)cn3)c(F)cc2c1=O. The van der Waals surface area contributed by atoms with Crippen LogP contribution in [0.2, 0.25) is 0 Å². The number of unbranched alkanes of at least 4 members (excludes halogenated alkanes) is 2. The second-order valence-corrected chi connectivity index (χ2v) is 6.23. The van der Waals surface area contributed by atoms with Gasteiger partial charge in [0.05, 0.1) is 16.5 Å². The van der Waals surface area contributed by atoms with Gasteiger partial charge in [0.2, 0.25) is 0 Å². The Labute approximate surface area is 152 Å². The number of fused-ring (bicyclic) bond motifs is 1. The zero-order valence-corrected chi connectivity index (χ0v) is 14.6. The number of halogens is 4. The van der Waals surface area contributed by atoms with Crippen LogP contribution in [0.5, 0.6) is 0 Å². The van der Waals surface area contributed by atoms with Crippen molar-refractivity contribution in [2.75, 3.05) is 0 Å². The fraction of sp³-hybridized carbons (Fsp3) is 0.316. The van der Waals surface area contributed by atoms with Crippen LogP contribution in [-0.2, 0) is 12.7 Å². The van der Waals surface area contributed by atoms with E-state index in [0.29, 0.717) is 24.3 Å². The van der Waals surface area contributed by atoms with Crippen molar-refractivity contribution in [1.29, 1.82) is 0 Å². The van der Waals surface area contributed by atoms with Gasteiger partial charge in [0.1, 0.15) is 5.82 Å². The lowest BCUT2D eigenvalue weighted by molar-refractivity contribution is -0.138. The average molecular weight is 379 g/mol. The average Bonchev–Trinajstić information content (AvgIpc) is 2.63. The zero-order valence-electron chi connectivity index (χ0n) is 14.6. The summed E-state index contributed by atoms with van der Waals surface area (Å²) in [5.41, 5.74) is -1.37. The van der Waals surface area contributed by atoms with Crippen molar-refractivity contribution in [1.82, 2.24) is 14.5 Å². The van der Waals surface area contributed by atoms with Gasteiger partial charge in [0.15, 0.2) is 5.82 Å². The van der Waals surface area contributed by atoms with Crippen molar-refractivity contribution >= 4 is 10.8 Å². The first-order chi connectivity index (χ1) is 12.8. The molecule has 0 radical (unpaired) electrons. The van der Waals surface area contributed by atoms with E-state index in [2.05, 4.69) is 16.9 Å². The Hall–Kier alpha value is -2.77. The number of aromatic nitrogens is 3. The molecule has 8 heteroatoms. The molecule has 0 spiro atoms. The van der Waals surface area contributed by atoms with Crippen LogP contribution in [-0.4, -0.2) is 14.5 Å². The molecule has 0 atom stereocenters. The van der Waals surface area contributed by atoms with Crippen molar-refractivity contribution < 1.29 is 17.6 Å². The molecule has 0 fully saturated rings. The van der Waals surface area contributed by atoms with E-state index in [1.165, 1.54) is 10.6 Å². The Morgan fingerprint density at radius 3 is 2.44 bits per heavy atom. The Morgan fingerprint density at radius 2 is 1.81 bits per heavy atom. The fourth-order valence-electron chi connectivity index (χ4n) is 2.80. The third-order valence-corrected chi connectivity index (χ3v) is 4.29. The minimum atomic E-state index is -4.57. The van der Waals surface area contributed by atoms with E-state index in [9.17, 15) is 22.4 Å². The molecule has 0 aliphatic carbocycles. The van der Waals surface area contributed by atoms with Crippen LogP contribution in [0.15, 0.2) is 41.6 Å². The molecule has 0 aliphatic rings. The molecule has 0 aliphatic heterocycles. The van der Waals surface area contributed by atoms with E-state index in [0.717, 1.165) is 25.3 Å². The first kappa shape index (κ1) is 19.0. The van der Waals surface area contributed by atoms with Gasteiger partial charge in [-0.2, -0.15) is 13.2 Å². The third-order valence-electron chi connectivity index (χ3n) is 4.29. The molecule has 0 unspecified atom stereocenters.